The summed E-state index contributed by atoms with van der Waals surface area (Å²) in [6.45, 7) is 0.299. The van der Waals surface area contributed by atoms with Crippen LogP contribution in [0, 0.1) is 0 Å². The van der Waals surface area contributed by atoms with Crippen LogP contribution in [0.1, 0.15) is 17.8 Å². The first-order chi connectivity index (χ1) is 14.5. The molecule has 4 rings (SSSR count). The van der Waals surface area contributed by atoms with Crippen molar-refractivity contribution in [2.45, 2.75) is 25.5 Å². The highest BCUT2D eigenvalue weighted by Crippen LogP contribution is 2.23. The molecule has 0 radical (unpaired) electrons. The van der Waals surface area contributed by atoms with Crippen molar-refractivity contribution in [3.05, 3.63) is 68.9 Å². The molecule has 1 N–H and O–H groups in total. The Morgan fingerprint density at radius 1 is 1.13 bits per heavy atom. The molecule has 1 aliphatic rings. The number of aromatic nitrogens is 2. The molecule has 0 spiro atoms. The Kier molecular flexibility index (Phi) is 6.22. The Morgan fingerprint density at radius 3 is 2.80 bits per heavy atom. The third-order valence-corrected chi connectivity index (χ3v) is 5.36. The molecule has 0 saturated carbocycles. The number of carbonyl (C=O) groups excluding carboxylic acids is 1. The van der Waals surface area contributed by atoms with Crippen LogP contribution in [-0.2, 0) is 22.6 Å². The lowest BCUT2D eigenvalue weighted by Crippen LogP contribution is -2.30. The number of oxime groups is 1. The molecule has 1 unspecified atom stereocenters. The number of carbonyl (C=O) groups is 1. The van der Waals surface area contributed by atoms with E-state index in [0.29, 0.717) is 51.9 Å². The molecule has 154 valence electrons. The fourth-order valence-corrected chi connectivity index (χ4v) is 3.40. The molecular formula is C20H15Cl3N4O3. The van der Waals surface area contributed by atoms with Gasteiger partial charge in [-0.3, -0.25) is 4.79 Å². The van der Waals surface area contributed by atoms with Gasteiger partial charge in [0.25, 0.3) is 11.8 Å². The maximum atomic E-state index is 12.3. The Morgan fingerprint density at radius 2 is 2.00 bits per heavy atom. The number of nitrogens with one attached hydrogen (secondary N) is 1. The third kappa shape index (κ3) is 4.92. The van der Waals surface area contributed by atoms with Gasteiger partial charge >= 0.3 is 0 Å². The molecule has 2 aromatic carbocycles. The van der Waals surface area contributed by atoms with E-state index in [2.05, 4.69) is 20.6 Å². The van der Waals surface area contributed by atoms with E-state index in [1.54, 1.807) is 36.4 Å². The van der Waals surface area contributed by atoms with Crippen molar-refractivity contribution in [3.8, 4) is 11.5 Å². The largest absolute Gasteiger partial charge is 0.391 e. The van der Waals surface area contributed by atoms with Crippen LogP contribution in [0.15, 0.2) is 52.1 Å². The van der Waals surface area contributed by atoms with Gasteiger partial charge in [0.05, 0.1) is 16.5 Å². The number of hydrogen-bond acceptors (Lipinski definition) is 6. The zero-order chi connectivity index (χ0) is 21.1. The van der Waals surface area contributed by atoms with Gasteiger partial charge in [-0.2, -0.15) is 4.98 Å². The van der Waals surface area contributed by atoms with Gasteiger partial charge in [0.1, 0.15) is 11.8 Å². The zero-order valence-corrected chi connectivity index (χ0v) is 17.7. The topological polar surface area (TPSA) is 89.6 Å². The van der Waals surface area contributed by atoms with E-state index in [1.165, 1.54) is 0 Å². The van der Waals surface area contributed by atoms with Crippen molar-refractivity contribution in [1.82, 2.24) is 15.5 Å². The van der Waals surface area contributed by atoms with E-state index in [9.17, 15) is 4.79 Å². The van der Waals surface area contributed by atoms with Crippen LogP contribution in [0.2, 0.25) is 15.1 Å². The lowest BCUT2D eigenvalue weighted by molar-refractivity contribution is -0.115. The Balaban J connectivity index is 1.30. The standard InChI is InChI=1S/C20H15Cl3N4O3/c21-13-3-1-2-12(7-13)20-25-18(27-30-20)9-14-8-17(26-29-14)19(28)24-10-11-4-5-15(22)16(23)6-11/h1-7,14H,8-10H2,(H,24,28). The third-order valence-electron chi connectivity index (χ3n) is 4.38. The fourth-order valence-electron chi connectivity index (χ4n) is 2.89. The molecule has 3 aromatic rings. The normalized spacial score (nSPS) is 15.6. The predicted octanol–water partition coefficient (Wildman–Crippen LogP) is 4.70. The first kappa shape index (κ1) is 20.7. The second-order valence-electron chi connectivity index (χ2n) is 6.63. The van der Waals surface area contributed by atoms with Crippen LogP contribution in [0.25, 0.3) is 11.5 Å². The van der Waals surface area contributed by atoms with Crippen LogP contribution in [0.3, 0.4) is 0 Å². The number of hydrogen-bond donors (Lipinski definition) is 1. The average Bonchev–Trinajstić information content (AvgIpc) is 3.39. The number of amides is 1. The number of halogens is 3. The summed E-state index contributed by atoms with van der Waals surface area (Å²) < 4.78 is 5.28. The summed E-state index contributed by atoms with van der Waals surface area (Å²) in [7, 11) is 0. The quantitative estimate of drug-likeness (QED) is 0.570. The van der Waals surface area contributed by atoms with Crippen molar-refractivity contribution in [2.24, 2.45) is 5.16 Å². The molecule has 1 amide bonds. The monoisotopic (exact) mass is 464 g/mol. The minimum atomic E-state index is -0.347. The summed E-state index contributed by atoms with van der Waals surface area (Å²) in [4.78, 5) is 22.1. The van der Waals surface area contributed by atoms with Crippen LogP contribution in [-0.4, -0.2) is 27.9 Å². The molecule has 1 aliphatic heterocycles. The summed E-state index contributed by atoms with van der Waals surface area (Å²) >= 11 is 17.9. The maximum absolute atomic E-state index is 12.3. The molecule has 1 aromatic heterocycles. The van der Waals surface area contributed by atoms with Gasteiger partial charge < -0.3 is 14.7 Å². The highest BCUT2D eigenvalue weighted by atomic mass is 35.5. The second kappa shape index (κ2) is 9.04. The second-order valence-corrected chi connectivity index (χ2v) is 7.88. The summed E-state index contributed by atoms with van der Waals surface area (Å²) in [6, 6.07) is 12.3. The highest BCUT2D eigenvalue weighted by Gasteiger charge is 2.27. The van der Waals surface area contributed by atoms with E-state index >= 15 is 0 Å². The maximum Gasteiger partial charge on any atom is 0.269 e. The van der Waals surface area contributed by atoms with E-state index in [1.807, 2.05) is 6.07 Å². The summed E-state index contributed by atoms with van der Waals surface area (Å²) in [6.07, 6.45) is 0.353. The summed E-state index contributed by atoms with van der Waals surface area (Å²) in [5, 5.41) is 12.1. The van der Waals surface area contributed by atoms with Crippen LogP contribution in [0.4, 0.5) is 0 Å². The van der Waals surface area contributed by atoms with Gasteiger partial charge in [0.2, 0.25) is 0 Å². The van der Waals surface area contributed by atoms with E-state index in [-0.39, 0.29) is 12.0 Å². The lowest BCUT2D eigenvalue weighted by Gasteiger charge is -2.06. The molecule has 0 saturated heterocycles. The van der Waals surface area contributed by atoms with Crippen molar-refractivity contribution in [1.29, 1.82) is 0 Å². The molecule has 0 bridgehead atoms. The minimum Gasteiger partial charge on any atom is -0.391 e. The molecule has 10 heteroatoms. The molecule has 1 atom stereocenters. The molecule has 0 fully saturated rings. The molecular weight excluding hydrogens is 451 g/mol. The number of benzene rings is 2. The van der Waals surface area contributed by atoms with Gasteiger partial charge in [-0.25, -0.2) is 0 Å². The van der Waals surface area contributed by atoms with Crippen LogP contribution < -0.4 is 5.32 Å². The van der Waals surface area contributed by atoms with Gasteiger partial charge in [0.15, 0.2) is 5.82 Å². The number of nitrogens with zero attached hydrogens (tertiary/aromatic N) is 3. The van der Waals surface area contributed by atoms with Crippen molar-refractivity contribution < 1.29 is 14.2 Å². The minimum absolute atomic E-state index is 0.299. The van der Waals surface area contributed by atoms with Crippen molar-refractivity contribution in [2.75, 3.05) is 0 Å². The van der Waals surface area contributed by atoms with E-state index in [0.717, 1.165) is 11.1 Å². The SMILES string of the molecule is O=C(NCc1ccc(Cl)c(Cl)c1)C1=NOC(Cc2noc(-c3cccc(Cl)c3)n2)C1. The van der Waals surface area contributed by atoms with Crippen LogP contribution >= 0.6 is 34.8 Å². The first-order valence-corrected chi connectivity index (χ1v) is 10.1. The molecule has 7 nitrogen and oxygen atoms in total. The van der Waals surface area contributed by atoms with Crippen LogP contribution in [0.5, 0.6) is 0 Å². The Bertz CT molecular complexity index is 1120. The predicted molar refractivity (Wildman–Crippen MR) is 114 cm³/mol. The van der Waals surface area contributed by atoms with E-state index < -0.39 is 0 Å². The van der Waals surface area contributed by atoms with Gasteiger partial charge in [0, 0.05) is 23.6 Å². The Labute approximate surface area is 186 Å². The molecule has 0 aliphatic carbocycles. The fraction of sp³-hybridized carbons (Fsp3) is 0.200. The van der Waals surface area contributed by atoms with Crippen molar-refractivity contribution >= 4 is 46.4 Å². The number of rotatable bonds is 6. The smallest absolute Gasteiger partial charge is 0.269 e. The Hall–Kier alpha value is -2.61. The van der Waals surface area contributed by atoms with Gasteiger partial charge in [-0.1, -0.05) is 57.2 Å². The summed E-state index contributed by atoms with van der Waals surface area (Å²) in [5.41, 5.74) is 1.86. The molecule has 30 heavy (non-hydrogen) atoms. The highest BCUT2D eigenvalue weighted by molar-refractivity contribution is 6.42. The zero-order valence-electron chi connectivity index (χ0n) is 15.4. The lowest BCUT2D eigenvalue weighted by atomic mass is 10.1. The average molecular weight is 466 g/mol. The van der Waals surface area contributed by atoms with Gasteiger partial charge in [-0.05, 0) is 35.9 Å². The molecule has 2 heterocycles. The summed E-state index contributed by atoms with van der Waals surface area (Å²) in [5.74, 6) is 0.518. The van der Waals surface area contributed by atoms with Gasteiger partial charge in [-0.15, -0.1) is 0 Å². The first-order valence-electron chi connectivity index (χ1n) is 9.01. The van der Waals surface area contributed by atoms with E-state index in [4.69, 9.17) is 44.2 Å². The van der Waals surface area contributed by atoms with Crippen molar-refractivity contribution in [3.63, 3.8) is 0 Å².